The van der Waals surface area contributed by atoms with Gasteiger partial charge in [-0.1, -0.05) is 24.3 Å². The molecule has 0 aliphatic heterocycles. The van der Waals surface area contributed by atoms with Crippen LogP contribution in [0.2, 0.25) is 0 Å². The lowest BCUT2D eigenvalue weighted by Crippen LogP contribution is -1.98. The molecule has 1 aromatic heterocycles. The number of hydrogen-bond donors (Lipinski definition) is 1. The summed E-state index contributed by atoms with van der Waals surface area (Å²) in [4.78, 5) is 8.40. The molecule has 0 radical (unpaired) electrons. The van der Waals surface area contributed by atoms with Crippen molar-refractivity contribution in [2.75, 3.05) is 12.8 Å². The minimum Gasteiger partial charge on any atom is -0.384 e. The van der Waals surface area contributed by atoms with Gasteiger partial charge >= 0.3 is 0 Å². The topological polar surface area (TPSA) is 61.0 Å². The number of nitrogen functional groups attached to an aromatic ring is 1. The molecule has 0 amide bonds. The van der Waals surface area contributed by atoms with Crippen molar-refractivity contribution in [1.82, 2.24) is 9.97 Å². The molecule has 0 atom stereocenters. The predicted molar refractivity (Wildman–Crippen MR) is 62.6 cm³/mol. The summed E-state index contributed by atoms with van der Waals surface area (Å²) < 4.78 is 5.13. The number of hydrogen-bond acceptors (Lipinski definition) is 4. The second-order valence-electron chi connectivity index (χ2n) is 3.40. The number of methoxy groups -OCH3 is 1. The van der Waals surface area contributed by atoms with E-state index >= 15 is 0 Å². The highest BCUT2D eigenvalue weighted by Crippen LogP contribution is 2.20. The number of benzene rings is 1. The summed E-state index contributed by atoms with van der Waals surface area (Å²) in [7, 11) is 1.66. The molecular formula is C12H13N3O. The number of ether oxygens (including phenoxy) is 1. The molecule has 2 rings (SSSR count). The van der Waals surface area contributed by atoms with E-state index in [4.69, 9.17) is 10.5 Å². The Morgan fingerprint density at radius 3 is 2.81 bits per heavy atom. The maximum atomic E-state index is 5.64. The lowest BCUT2D eigenvalue weighted by molar-refractivity contribution is 0.185. The minimum absolute atomic E-state index is 0.470. The lowest BCUT2D eigenvalue weighted by Gasteiger charge is -2.07. The fraction of sp³-hybridized carbons (Fsp3) is 0.167. The van der Waals surface area contributed by atoms with Crippen molar-refractivity contribution in [2.45, 2.75) is 6.61 Å². The van der Waals surface area contributed by atoms with E-state index in [0.29, 0.717) is 18.2 Å². The Bertz CT molecular complexity index is 485. The van der Waals surface area contributed by atoms with Crippen molar-refractivity contribution in [1.29, 1.82) is 0 Å². The number of nitrogens with two attached hydrogens (primary N) is 1. The summed E-state index contributed by atoms with van der Waals surface area (Å²) >= 11 is 0. The number of anilines is 1. The van der Waals surface area contributed by atoms with Gasteiger partial charge in [-0.25, -0.2) is 9.97 Å². The molecule has 1 aromatic carbocycles. The van der Waals surface area contributed by atoms with Crippen molar-refractivity contribution in [3.8, 4) is 11.4 Å². The van der Waals surface area contributed by atoms with E-state index in [9.17, 15) is 0 Å². The highest BCUT2D eigenvalue weighted by atomic mass is 16.5. The first-order valence-corrected chi connectivity index (χ1v) is 4.97. The Kier molecular flexibility index (Phi) is 3.12. The van der Waals surface area contributed by atoms with E-state index in [1.165, 1.54) is 0 Å². The largest absolute Gasteiger partial charge is 0.384 e. The lowest BCUT2D eigenvalue weighted by atomic mass is 10.1. The van der Waals surface area contributed by atoms with Crippen LogP contribution in [-0.2, 0) is 11.3 Å². The first-order chi connectivity index (χ1) is 7.81. The Hall–Kier alpha value is -1.94. The molecule has 0 spiro atoms. The van der Waals surface area contributed by atoms with Crippen LogP contribution in [0.1, 0.15) is 5.56 Å². The van der Waals surface area contributed by atoms with E-state index in [1.807, 2.05) is 24.3 Å². The molecule has 0 saturated carbocycles. The zero-order chi connectivity index (χ0) is 11.4. The third-order valence-corrected chi connectivity index (χ3v) is 2.24. The fourth-order valence-electron chi connectivity index (χ4n) is 1.52. The molecule has 0 saturated heterocycles. The SMILES string of the molecule is COCc1ccccc1-c1nccc(N)n1. The van der Waals surface area contributed by atoms with Crippen LogP contribution >= 0.6 is 0 Å². The monoisotopic (exact) mass is 215 g/mol. The zero-order valence-corrected chi connectivity index (χ0v) is 9.05. The summed E-state index contributed by atoms with van der Waals surface area (Å²) in [6.45, 7) is 0.536. The molecule has 4 nitrogen and oxygen atoms in total. The highest BCUT2D eigenvalue weighted by Gasteiger charge is 2.06. The number of rotatable bonds is 3. The van der Waals surface area contributed by atoms with Gasteiger partial charge in [0.15, 0.2) is 5.82 Å². The Morgan fingerprint density at radius 1 is 1.25 bits per heavy atom. The molecule has 0 fully saturated rings. The molecule has 1 heterocycles. The number of nitrogens with zero attached hydrogens (tertiary/aromatic N) is 2. The first-order valence-electron chi connectivity index (χ1n) is 4.97. The third kappa shape index (κ3) is 2.17. The molecule has 4 heteroatoms. The predicted octanol–water partition coefficient (Wildman–Crippen LogP) is 1.87. The summed E-state index contributed by atoms with van der Waals surface area (Å²) in [5.41, 5.74) is 7.64. The molecule has 0 aliphatic carbocycles. The maximum absolute atomic E-state index is 5.64. The average Bonchev–Trinajstić information content (AvgIpc) is 2.30. The van der Waals surface area contributed by atoms with Crippen LogP contribution in [0.5, 0.6) is 0 Å². The van der Waals surface area contributed by atoms with Gasteiger partial charge in [-0.2, -0.15) is 0 Å². The standard InChI is InChI=1S/C12H13N3O/c1-16-8-9-4-2-3-5-10(9)12-14-7-6-11(13)15-12/h2-7H,8H2,1H3,(H2,13,14,15). The van der Waals surface area contributed by atoms with E-state index in [0.717, 1.165) is 11.1 Å². The Balaban J connectivity index is 2.46. The van der Waals surface area contributed by atoms with E-state index in [1.54, 1.807) is 19.4 Å². The van der Waals surface area contributed by atoms with Gasteiger partial charge in [-0.05, 0) is 11.6 Å². The fourth-order valence-corrected chi connectivity index (χ4v) is 1.52. The third-order valence-electron chi connectivity index (χ3n) is 2.24. The van der Waals surface area contributed by atoms with Gasteiger partial charge in [0.05, 0.1) is 6.61 Å². The first kappa shape index (κ1) is 10.6. The molecule has 0 bridgehead atoms. The van der Waals surface area contributed by atoms with Crippen molar-refractivity contribution in [2.24, 2.45) is 0 Å². The summed E-state index contributed by atoms with van der Waals surface area (Å²) in [6, 6.07) is 9.53. The van der Waals surface area contributed by atoms with Gasteiger partial charge < -0.3 is 10.5 Å². The summed E-state index contributed by atoms with van der Waals surface area (Å²) in [6.07, 6.45) is 1.65. The van der Waals surface area contributed by atoms with Crippen LogP contribution in [0.25, 0.3) is 11.4 Å². The Labute approximate surface area is 94.1 Å². The van der Waals surface area contributed by atoms with Crippen molar-refractivity contribution >= 4 is 5.82 Å². The molecular weight excluding hydrogens is 202 g/mol. The van der Waals surface area contributed by atoms with Crippen LogP contribution in [0.4, 0.5) is 5.82 Å². The second-order valence-corrected chi connectivity index (χ2v) is 3.40. The van der Waals surface area contributed by atoms with Crippen LogP contribution < -0.4 is 5.73 Å². The zero-order valence-electron chi connectivity index (χ0n) is 9.05. The van der Waals surface area contributed by atoms with Gasteiger partial charge in [0, 0.05) is 18.9 Å². The second kappa shape index (κ2) is 4.72. The van der Waals surface area contributed by atoms with Gasteiger partial charge in [-0.3, -0.25) is 0 Å². The van der Waals surface area contributed by atoms with E-state index in [2.05, 4.69) is 9.97 Å². The van der Waals surface area contributed by atoms with Gasteiger partial charge in [-0.15, -0.1) is 0 Å². The highest BCUT2D eigenvalue weighted by molar-refractivity contribution is 5.60. The minimum atomic E-state index is 0.470. The van der Waals surface area contributed by atoms with Gasteiger partial charge in [0.25, 0.3) is 0 Å². The van der Waals surface area contributed by atoms with E-state index in [-0.39, 0.29) is 0 Å². The number of aromatic nitrogens is 2. The normalized spacial score (nSPS) is 10.3. The van der Waals surface area contributed by atoms with Crippen LogP contribution in [-0.4, -0.2) is 17.1 Å². The van der Waals surface area contributed by atoms with Gasteiger partial charge in [0.1, 0.15) is 5.82 Å². The molecule has 2 N–H and O–H groups in total. The smallest absolute Gasteiger partial charge is 0.161 e. The molecule has 2 aromatic rings. The average molecular weight is 215 g/mol. The molecule has 16 heavy (non-hydrogen) atoms. The van der Waals surface area contributed by atoms with Crippen LogP contribution in [0, 0.1) is 0 Å². The quantitative estimate of drug-likeness (QED) is 0.849. The van der Waals surface area contributed by atoms with Crippen molar-refractivity contribution in [3.63, 3.8) is 0 Å². The van der Waals surface area contributed by atoms with Crippen LogP contribution in [0.15, 0.2) is 36.5 Å². The van der Waals surface area contributed by atoms with Crippen molar-refractivity contribution < 1.29 is 4.74 Å². The Morgan fingerprint density at radius 2 is 2.06 bits per heavy atom. The summed E-state index contributed by atoms with van der Waals surface area (Å²) in [5, 5.41) is 0. The molecule has 82 valence electrons. The molecule has 0 unspecified atom stereocenters. The van der Waals surface area contributed by atoms with Gasteiger partial charge in [0.2, 0.25) is 0 Å². The van der Waals surface area contributed by atoms with Crippen molar-refractivity contribution in [3.05, 3.63) is 42.1 Å². The van der Waals surface area contributed by atoms with Crippen LogP contribution in [0.3, 0.4) is 0 Å². The maximum Gasteiger partial charge on any atom is 0.161 e. The summed E-state index contributed by atoms with van der Waals surface area (Å²) in [5.74, 6) is 1.10. The molecule has 0 aliphatic rings. The van der Waals surface area contributed by atoms with E-state index < -0.39 is 0 Å².